The van der Waals surface area contributed by atoms with Gasteiger partial charge in [-0.05, 0) is 37.5 Å². The molecule has 0 heterocycles. The highest BCUT2D eigenvalue weighted by Crippen LogP contribution is 2.16. The summed E-state index contributed by atoms with van der Waals surface area (Å²) in [6, 6.07) is 13.5. The second-order valence-electron chi connectivity index (χ2n) is 5.57. The molecule has 4 nitrogen and oxygen atoms in total. The molecule has 0 aliphatic rings. The molecule has 120 valence electrons. The molecule has 0 fully saturated rings. The summed E-state index contributed by atoms with van der Waals surface area (Å²) in [4.78, 5) is 12.2. The number of carbonyl (C=O) groups is 1. The van der Waals surface area contributed by atoms with Gasteiger partial charge in [-0.2, -0.15) is 5.10 Å². The predicted octanol–water partition coefficient (Wildman–Crippen LogP) is 3.45. The fourth-order valence-electron chi connectivity index (χ4n) is 2.64. The van der Waals surface area contributed by atoms with Crippen LogP contribution in [0.3, 0.4) is 0 Å². The third-order valence-electron chi connectivity index (χ3n) is 3.68. The highest BCUT2D eigenvalue weighted by Gasteiger charge is 2.19. The summed E-state index contributed by atoms with van der Waals surface area (Å²) >= 11 is 0. The van der Waals surface area contributed by atoms with E-state index in [0.29, 0.717) is 0 Å². The van der Waals surface area contributed by atoms with Gasteiger partial charge < -0.3 is 4.74 Å². The Morgan fingerprint density at radius 3 is 2.30 bits per heavy atom. The van der Waals surface area contributed by atoms with Crippen molar-refractivity contribution in [2.75, 3.05) is 7.11 Å². The number of nitrogens with zero attached hydrogens (tertiary/aromatic N) is 1. The van der Waals surface area contributed by atoms with Crippen molar-refractivity contribution in [3.8, 4) is 0 Å². The molecule has 1 unspecified atom stereocenters. The highest BCUT2D eigenvalue weighted by molar-refractivity contribution is 5.87. The maximum atomic E-state index is 12.2. The summed E-state index contributed by atoms with van der Waals surface area (Å²) in [5.41, 5.74) is 7.85. The largest absolute Gasteiger partial charge is 0.367 e. The molecule has 0 spiro atoms. The second-order valence-corrected chi connectivity index (χ2v) is 5.57. The number of ether oxygens (including phenoxy) is 1. The van der Waals surface area contributed by atoms with Gasteiger partial charge in [0.05, 0.1) is 6.21 Å². The molecular formula is C19H22N2O2. The van der Waals surface area contributed by atoms with Crippen molar-refractivity contribution in [2.24, 2.45) is 5.10 Å². The van der Waals surface area contributed by atoms with E-state index in [2.05, 4.69) is 29.6 Å². The van der Waals surface area contributed by atoms with Gasteiger partial charge in [-0.15, -0.1) is 0 Å². The number of hydrogen-bond acceptors (Lipinski definition) is 3. The molecule has 2 rings (SSSR count). The molecule has 4 heteroatoms. The van der Waals surface area contributed by atoms with Gasteiger partial charge in [0.1, 0.15) is 0 Å². The monoisotopic (exact) mass is 310 g/mol. The lowest BCUT2D eigenvalue weighted by Crippen LogP contribution is -2.26. The van der Waals surface area contributed by atoms with E-state index in [1.165, 1.54) is 12.7 Å². The van der Waals surface area contributed by atoms with Crippen molar-refractivity contribution >= 4 is 12.1 Å². The van der Waals surface area contributed by atoms with Crippen LogP contribution in [-0.2, 0) is 9.53 Å². The maximum absolute atomic E-state index is 12.2. The van der Waals surface area contributed by atoms with Crippen LogP contribution < -0.4 is 5.43 Å². The van der Waals surface area contributed by atoms with Gasteiger partial charge in [0.15, 0.2) is 6.10 Å². The molecule has 2 aromatic carbocycles. The molecule has 1 N–H and O–H groups in total. The van der Waals surface area contributed by atoms with Crippen molar-refractivity contribution in [1.29, 1.82) is 0 Å². The summed E-state index contributed by atoms with van der Waals surface area (Å²) in [5, 5.41) is 4.08. The van der Waals surface area contributed by atoms with E-state index in [9.17, 15) is 4.79 Å². The Hall–Kier alpha value is -2.46. The standard InChI is InChI=1S/C19H22N2O2/c1-13-10-14(2)17(15(3)11-13)12-20-21-19(22)18(23-4)16-8-6-5-7-9-16/h5-12,18H,1-4H3,(H,21,22)/b20-12+. The van der Waals surface area contributed by atoms with E-state index < -0.39 is 6.10 Å². The molecule has 2 aromatic rings. The fraction of sp³-hybridized carbons (Fsp3) is 0.263. The number of hydrogen-bond donors (Lipinski definition) is 1. The smallest absolute Gasteiger partial charge is 0.273 e. The molecule has 0 aromatic heterocycles. The molecule has 0 saturated heterocycles. The maximum Gasteiger partial charge on any atom is 0.273 e. The number of methoxy groups -OCH3 is 1. The van der Waals surface area contributed by atoms with E-state index in [-0.39, 0.29) is 5.91 Å². The van der Waals surface area contributed by atoms with Crippen LogP contribution in [0.5, 0.6) is 0 Å². The summed E-state index contributed by atoms with van der Waals surface area (Å²) in [6.07, 6.45) is 1.01. The van der Waals surface area contributed by atoms with E-state index in [1.807, 2.05) is 44.2 Å². The topological polar surface area (TPSA) is 50.7 Å². The molecule has 1 amide bonds. The van der Waals surface area contributed by atoms with Crippen LogP contribution in [0.25, 0.3) is 0 Å². The lowest BCUT2D eigenvalue weighted by molar-refractivity contribution is -0.131. The van der Waals surface area contributed by atoms with Gasteiger partial charge in [-0.1, -0.05) is 48.0 Å². The Balaban J connectivity index is 2.09. The Kier molecular flexibility index (Phi) is 5.66. The van der Waals surface area contributed by atoms with E-state index in [0.717, 1.165) is 22.3 Å². The predicted molar refractivity (Wildman–Crippen MR) is 92.6 cm³/mol. The molecule has 0 bridgehead atoms. The normalized spacial score (nSPS) is 12.3. The molecule has 1 atom stereocenters. The first kappa shape index (κ1) is 16.9. The molecule has 0 radical (unpaired) electrons. The lowest BCUT2D eigenvalue weighted by atomic mass is 10.0. The van der Waals surface area contributed by atoms with Crippen molar-refractivity contribution in [3.63, 3.8) is 0 Å². The van der Waals surface area contributed by atoms with Crippen LogP contribution in [0.4, 0.5) is 0 Å². The zero-order chi connectivity index (χ0) is 16.8. The first-order chi connectivity index (χ1) is 11.0. The average Bonchev–Trinajstić information content (AvgIpc) is 2.51. The van der Waals surface area contributed by atoms with Gasteiger partial charge in [0, 0.05) is 12.7 Å². The van der Waals surface area contributed by atoms with Crippen molar-refractivity contribution in [3.05, 3.63) is 70.3 Å². The summed E-state index contributed by atoms with van der Waals surface area (Å²) < 4.78 is 5.28. The van der Waals surface area contributed by atoms with Crippen molar-refractivity contribution < 1.29 is 9.53 Å². The highest BCUT2D eigenvalue weighted by atomic mass is 16.5. The van der Waals surface area contributed by atoms with Crippen LogP contribution in [0.2, 0.25) is 0 Å². The van der Waals surface area contributed by atoms with Crippen LogP contribution >= 0.6 is 0 Å². The second kappa shape index (κ2) is 7.70. The SMILES string of the molecule is COC(C(=O)N/N=C/c1c(C)cc(C)cc1C)c1ccccc1. The van der Waals surface area contributed by atoms with E-state index in [4.69, 9.17) is 4.74 Å². The van der Waals surface area contributed by atoms with Crippen LogP contribution in [0.1, 0.15) is 33.9 Å². The minimum Gasteiger partial charge on any atom is -0.367 e. The molecular weight excluding hydrogens is 288 g/mol. The van der Waals surface area contributed by atoms with Gasteiger partial charge >= 0.3 is 0 Å². The number of rotatable bonds is 5. The minimum atomic E-state index is -0.673. The minimum absolute atomic E-state index is 0.294. The van der Waals surface area contributed by atoms with Crippen molar-refractivity contribution in [2.45, 2.75) is 26.9 Å². The Morgan fingerprint density at radius 2 is 1.74 bits per heavy atom. The van der Waals surface area contributed by atoms with E-state index >= 15 is 0 Å². The summed E-state index contributed by atoms with van der Waals surface area (Å²) in [5.74, 6) is -0.294. The van der Waals surface area contributed by atoms with Gasteiger partial charge in [0.25, 0.3) is 5.91 Å². The Morgan fingerprint density at radius 1 is 1.13 bits per heavy atom. The van der Waals surface area contributed by atoms with Gasteiger partial charge in [-0.25, -0.2) is 5.43 Å². The number of carbonyl (C=O) groups excluding carboxylic acids is 1. The van der Waals surface area contributed by atoms with Crippen LogP contribution in [0.15, 0.2) is 47.6 Å². The average molecular weight is 310 g/mol. The first-order valence-corrected chi connectivity index (χ1v) is 7.51. The molecule has 0 aliphatic heterocycles. The van der Waals surface area contributed by atoms with Crippen LogP contribution in [0, 0.1) is 20.8 Å². The van der Waals surface area contributed by atoms with Crippen LogP contribution in [-0.4, -0.2) is 19.2 Å². The molecule has 0 saturated carbocycles. The number of hydrazone groups is 1. The van der Waals surface area contributed by atoms with Gasteiger partial charge in [-0.3, -0.25) is 4.79 Å². The molecule has 0 aliphatic carbocycles. The lowest BCUT2D eigenvalue weighted by Gasteiger charge is -2.13. The number of amides is 1. The third-order valence-corrected chi connectivity index (χ3v) is 3.68. The third kappa shape index (κ3) is 4.27. The molecule has 23 heavy (non-hydrogen) atoms. The number of benzene rings is 2. The number of aryl methyl sites for hydroxylation is 3. The Labute approximate surface area is 137 Å². The fourth-order valence-corrected chi connectivity index (χ4v) is 2.64. The zero-order valence-electron chi connectivity index (χ0n) is 14.0. The van der Waals surface area contributed by atoms with E-state index in [1.54, 1.807) is 6.21 Å². The van der Waals surface area contributed by atoms with Crippen molar-refractivity contribution in [1.82, 2.24) is 5.43 Å². The first-order valence-electron chi connectivity index (χ1n) is 7.51. The van der Waals surface area contributed by atoms with Gasteiger partial charge in [0.2, 0.25) is 0 Å². The quantitative estimate of drug-likeness (QED) is 0.679. The number of nitrogens with one attached hydrogen (secondary N) is 1. The zero-order valence-corrected chi connectivity index (χ0v) is 14.0. The Bertz CT molecular complexity index is 686. The summed E-state index contributed by atoms with van der Waals surface area (Å²) in [6.45, 7) is 6.13. The summed E-state index contributed by atoms with van der Waals surface area (Å²) in [7, 11) is 1.51.